The number of piperazine rings is 1. The zero-order valence-corrected chi connectivity index (χ0v) is 24.9. The van der Waals surface area contributed by atoms with Gasteiger partial charge in [-0.15, -0.1) is 0 Å². The number of aryl methyl sites for hydroxylation is 1. The van der Waals surface area contributed by atoms with E-state index < -0.39 is 5.60 Å². The lowest BCUT2D eigenvalue weighted by atomic mass is 9.97. The van der Waals surface area contributed by atoms with Crippen LogP contribution in [0.15, 0.2) is 29.3 Å². The predicted molar refractivity (Wildman–Crippen MR) is 154 cm³/mol. The van der Waals surface area contributed by atoms with Gasteiger partial charge in [0.2, 0.25) is 6.41 Å². The Labute approximate surface area is 235 Å². The molecule has 1 saturated heterocycles. The van der Waals surface area contributed by atoms with Crippen LogP contribution in [0.5, 0.6) is 0 Å². The number of hydrogen-bond donors (Lipinski definition) is 0. The van der Waals surface area contributed by atoms with Crippen LogP contribution in [0.2, 0.25) is 10.2 Å². The summed E-state index contributed by atoms with van der Waals surface area (Å²) in [5, 5.41) is 0.349. The van der Waals surface area contributed by atoms with Gasteiger partial charge in [-0.25, -0.2) is 9.78 Å². The Morgan fingerprint density at radius 1 is 1.26 bits per heavy atom. The highest BCUT2D eigenvalue weighted by atomic mass is 35.5. The van der Waals surface area contributed by atoms with Crippen molar-refractivity contribution in [2.24, 2.45) is 4.99 Å². The van der Waals surface area contributed by atoms with Gasteiger partial charge in [-0.2, -0.15) is 0 Å². The second kappa shape index (κ2) is 11.9. The number of carbonyl (C=O) groups is 2. The quantitative estimate of drug-likeness (QED) is 0.182. The van der Waals surface area contributed by atoms with Gasteiger partial charge >= 0.3 is 6.09 Å². The first kappa shape index (κ1) is 29.7. The number of carbonyl (C=O) groups excluding carboxylic acids is 2. The number of benzene rings is 1. The van der Waals surface area contributed by atoms with Gasteiger partial charge in [0.25, 0.3) is 0 Å². The zero-order valence-electron chi connectivity index (χ0n) is 23.4. The molecular formula is C28H37Cl2N5O3. The first-order valence-corrected chi connectivity index (χ1v) is 13.5. The van der Waals surface area contributed by atoms with E-state index >= 15 is 0 Å². The maximum Gasteiger partial charge on any atom is 0.410 e. The van der Waals surface area contributed by atoms with Gasteiger partial charge in [0.05, 0.1) is 16.3 Å². The minimum Gasteiger partial charge on any atom is -0.444 e. The molecule has 1 fully saturated rings. The van der Waals surface area contributed by atoms with Crippen molar-refractivity contribution in [1.29, 1.82) is 0 Å². The monoisotopic (exact) mass is 561 g/mol. The molecule has 2 aromatic rings. The summed E-state index contributed by atoms with van der Waals surface area (Å²) in [6.07, 6.45) is 0.408. The summed E-state index contributed by atoms with van der Waals surface area (Å²) in [7, 11) is 1.69. The van der Waals surface area contributed by atoms with E-state index in [4.69, 9.17) is 27.9 Å². The molecule has 1 aliphatic rings. The van der Waals surface area contributed by atoms with Crippen LogP contribution < -0.4 is 4.90 Å². The predicted octanol–water partition coefficient (Wildman–Crippen LogP) is 6.43. The molecule has 8 nitrogen and oxygen atoms in total. The number of hydrogen-bond acceptors (Lipinski definition) is 5. The summed E-state index contributed by atoms with van der Waals surface area (Å²) < 4.78 is 5.57. The molecule has 1 aromatic carbocycles. The van der Waals surface area contributed by atoms with Gasteiger partial charge in [-0.05, 0) is 57.7 Å². The molecule has 38 heavy (non-hydrogen) atoms. The third kappa shape index (κ3) is 6.41. The molecule has 0 radical (unpaired) electrons. The summed E-state index contributed by atoms with van der Waals surface area (Å²) in [4.78, 5) is 39.8. The largest absolute Gasteiger partial charge is 0.444 e. The number of aromatic nitrogens is 1. The number of amides is 2. The molecule has 1 aliphatic heterocycles. The fraction of sp³-hybridized carbons (Fsp3) is 0.500. The van der Waals surface area contributed by atoms with Crippen LogP contribution >= 0.6 is 23.2 Å². The van der Waals surface area contributed by atoms with Gasteiger partial charge in [0.1, 0.15) is 16.6 Å². The third-order valence-electron chi connectivity index (χ3n) is 6.38. The Morgan fingerprint density at radius 3 is 2.50 bits per heavy atom. The van der Waals surface area contributed by atoms with Gasteiger partial charge in [-0.1, -0.05) is 55.2 Å². The molecular weight excluding hydrogens is 525 g/mol. The van der Waals surface area contributed by atoms with Crippen molar-refractivity contribution in [1.82, 2.24) is 14.8 Å². The summed E-state index contributed by atoms with van der Waals surface area (Å²) in [5.74, 6) is 1.11. The Bertz CT molecular complexity index is 1230. The summed E-state index contributed by atoms with van der Waals surface area (Å²) in [6, 6.07) is 7.55. The minimum atomic E-state index is -0.573. The van der Waals surface area contributed by atoms with E-state index in [9.17, 15) is 9.59 Å². The van der Waals surface area contributed by atoms with Crippen LogP contribution in [0.1, 0.15) is 64.2 Å². The van der Waals surface area contributed by atoms with Crippen molar-refractivity contribution in [2.45, 2.75) is 66.0 Å². The van der Waals surface area contributed by atoms with Crippen molar-refractivity contribution in [3.05, 3.63) is 51.1 Å². The van der Waals surface area contributed by atoms with Crippen LogP contribution in [0.3, 0.4) is 0 Å². The fourth-order valence-corrected chi connectivity index (χ4v) is 4.94. The van der Waals surface area contributed by atoms with Crippen LogP contribution in [0.4, 0.5) is 16.3 Å². The highest BCUT2D eigenvalue weighted by Crippen LogP contribution is 2.38. The number of ether oxygens (including phenoxy) is 1. The molecule has 10 heteroatoms. The number of rotatable bonds is 5. The maximum atomic E-state index is 12.7. The van der Waals surface area contributed by atoms with Gasteiger partial charge in [0.15, 0.2) is 5.82 Å². The van der Waals surface area contributed by atoms with Crippen molar-refractivity contribution >= 4 is 53.0 Å². The Hall–Kier alpha value is -2.84. The zero-order chi connectivity index (χ0) is 28.4. The van der Waals surface area contributed by atoms with E-state index in [1.807, 2.05) is 52.8 Å². The number of anilines is 2. The van der Waals surface area contributed by atoms with Crippen LogP contribution in [0, 0.1) is 6.92 Å². The smallest absolute Gasteiger partial charge is 0.410 e. The lowest BCUT2D eigenvalue weighted by Crippen LogP contribution is -2.56. The number of amidine groups is 1. The number of para-hydroxylation sites is 1. The lowest BCUT2D eigenvalue weighted by molar-refractivity contribution is -0.106. The van der Waals surface area contributed by atoms with Crippen LogP contribution in [-0.4, -0.2) is 71.4 Å². The number of aliphatic imine (C=N–C) groups is 1. The van der Waals surface area contributed by atoms with Crippen LogP contribution in [0.25, 0.3) is 0 Å². The molecule has 3 rings (SSSR count). The van der Waals surface area contributed by atoms with Gasteiger partial charge in [0, 0.05) is 32.7 Å². The first-order valence-electron chi connectivity index (χ1n) is 12.7. The van der Waals surface area contributed by atoms with E-state index in [-0.39, 0.29) is 28.2 Å². The molecule has 1 unspecified atom stereocenters. The molecule has 0 spiro atoms. The van der Waals surface area contributed by atoms with E-state index in [0.29, 0.717) is 36.9 Å². The van der Waals surface area contributed by atoms with Gasteiger partial charge in [-0.3, -0.25) is 14.7 Å². The van der Waals surface area contributed by atoms with Crippen molar-refractivity contribution < 1.29 is 14.3 Å². The van der Waals surface area contributed by atoms with Crippen molar-refractivity contribution in [3.63, 3.8) is 0 Å². The van der Waals surface area contributed by atoms with E-state index in [2.05, 4.69) is 28.7 Å². The Morgan fingerprint density at radius 2 is 1.95 bits per heavy atom. The third-order valence-corrected chi connectivity index (χ3v) is 7.06. The van der Waals surface area contributed by atoms with Gasteiger partial charge < -0.3 is 14.5 Å². The molecule has 206 valence electrons. The molecule has 0 N–H and O–H groups in total. The fourth-order valence-electron chi connectivity index (χ4n) is 4.66. The lowest BCUT2D eigenvalue weighted by Gasteiger charge is -2.42. The second-order valence-electron chi connectivity index (χ2n) is 10.8. The molecule has 2 heterocycles. The molecule has 2 amide bonds. The number of nitrogens with zero attached hydrogens (tertiary/aromatic N) is 5. The maximum absolute atomic E-state index is 12.7. The van der Waals surface area contributed by atoms with Crippen LogP contribution in [-0.2, 0) is 9.53 Å². The second-order valence-corrected chi connectivity index (χ2v) is 11.6. The number of pyridine rings is 1. The molecule has 0 bridgehead atoms. The standard InChI is InChI=1S/C28H37Cl2N5O3/c1-17(2)20-11-9-10-18(3)23(20)35(16-36)26-21(14-22(29)24(30)32-26)25(31-8)34-13-12-33(15-19(34)4)27(37)38-28(5,6)7/h9-11,14,16-17,19H,12-13,15H2,1-8H3/b31-25+. The Balaban J connectivity index is 2.06. The molecule has 0 saturated carbocycles. The highest BCUT2D eigenvalue weighted by molar-refractivity contribution is 6.41. The topological polar surface area (TPSA) is 78.3 Å². The summed E-state index contributed by atoms with van der Waals surface area (Å²) >= 11 is 12.8. The van der Waals surface area contributed by atoms with E-state index in [1.165, 1.54) is 4.90 Å². The number of halogens is 2. The molecule has 1 atom stereocenters. The summed E-state index contributed by atoms with van der Waals surface area (Å²) in [5.41, 5.74) is 2.69. The molecule has 0 aliphatic carbocycles. The molecule has 1 aromatic heterocycles. The average Bonchev–Trinajstić information content (AvgIpc) is 2.83. The average molecular weight is 563 g/mol. The van der Waals surface area contributed by atoms with E-state index in [1.54, 1.807) is 18.0 Å². The first-order chi connectivity index (χ1) is 17.8. The summed E-state index contributed by atoms with van der Waals surface area (Å²) in [6.45, 7) is 15.1. The van der Waals surface area contributed by atoms with E-state index in [0.717, 1.165) is 23.2 Å². The SMILES string of the molecule is C/N=C(\c1cc(Cl)c(Cl)nc1N(C=O)c1c(C)cccc1C(C)C)N1CCN(C(=O)OC(C)(C)C)CC1C. The highest BCUT2D eigenvalue weighted by Gasteiger charge is 2.34. The normalized spacial score (nSPS) is 16.6. The van der Waals surface area contributed by atoms with Crippen molar-refractivity contribution in [3.8, 4) is 0 Å². The Kier molecular flexibility index (Phi) is 9.31. The minimum absolute atomic E-state index is 0.0911. The van der Waals surface area contributed by atoms with Crippen molar-refractivity contribution in [2.75, 3.05) is 31.6 Å².